The molecule has 3 nitrogen and oxygen atoms in total. The van der Waals surface area contributed by atoms with Crippen molar-refractivity contribution >= 4 is 5.97 Å². The Kier molecular flexibility index (Phi) is 2.49. The van der Waals surface area contributed by atoms with Gasteiger partial charge in [-0.2, -0.15) is 0 Å². The van der Waals surface area contributed by atoms with Crippen LogP contribution in [-0.4, -0.2) is 23.3 Å². The Bertz CT molecular complexity index is 462. The van der Waals surface area contributed by atoms with Crippen molar-refractivity contribution in [2.75, 3.05) is 0 Å². The van der Waals surface area contributed by atoms with Crippen LogP contribution in [0.5, 0.6) is 0 Å². The summed E-state index contributed by atoms with van der Waals surface area (Å²) in [5.74, 6) is -0.0128. The summed E-state index contributed by atoms with van der Waals surface area (Å²) >= 11 is 0. The first kappa shape index (κ1) is 11.7. The fourth-order valence-corrected chi connectivity index (χ4v) is 3.70. The Hall–Kier alpha value is -1.35. The number of carbonyl (C=O) groups is 1. The van der Waals surface area contributed by atoms with Gasteiger partial charge in [-0.1, -0.05) is 25.3 Å². The third-order valence-corrected chi connectivity index (χ3v) is 4.77. The van der Waals surface area contributed by atoms with Gasteiger partial charge < -0.3 is 9.84 Å². The monoisotopic (exact) mass is 246 g/mol. The van der Waals surface area contributed by atoms with Crippen molar-refractivity contribution in [3.8, 4) is 0 Å². The SMILES string of the molecule is C=C1C(=O)OC2C1CCC(=C)C1C[C@H](O)C(=C)C12. The van der Waals surface area contributed by atoms with Crippen LogP contribution < -0.4 is 0 Å². The molecule has 0 aromatic rings. The van der Waals surface area contributed by atoms with Gasteiger partial charge >= 0.3 is 5.97 Å². The minimum absolute atomic E-state index is 0.0169. The van der Waals surface area contributed by atoms with Gasteiger partial charge in [-0.25, -0.2) is 4.79 Å². The van der Waals surface area contributed by atoms with E-state index in [2.05, 4.69) is 19.7 Å². The number of hydrogen-bond donors (Lipinski definition) is 1. The number of aliphatic hydroxyl groups excluding tert-OH is 1. The van der Waals surface area contributed by atoms with E-state index in [1.807, 2.05) is 0 Å². The number of allylic oxidation sites excluding steroid dienone is 1. The van der Waals surface area contributed by atoms with Crippen LogP contribution in [0.4, 0.5) is 0 Å². The number of ether oxygens (including phenoxy) is 1. The van der Waals surface area contributed by atoms with Gasteiger partial charge in [0, 0.05) is 17.4 Å². The van der Waals surface area contributed by atoms with Crippen LogP contribution in [0, 0.1) is 17.8 Å². The molecule has 3 fully saturated rings. The number of hydrogen-bond acceptors (Lipinski definition) is 3. The number of aliphatic hydroxyl groups is 1. The molecule has 0 bridgehead atoms. The summed E-state index contributed by atoms with van der Waals surface area (Å²) in [6, 6.07) is 0. The van der Waals surface area contributed by atoms with E-state index in [0.717, 1.165) is 24.0 Å². The zero-order chi connectivity index (χ0) is 13.0. The first-order valence-corrected chi connectivity index (χ1v) is 6.45. The van der Waals surface area contributed by atoms with E-state index >= 15 is 0 Å². The maximum absolute atomic E-state index is 11.7. The molecular weight excluding hydrogens is 228 g/mol. The third kappa shape index (κ3) is 1.43. The van der Waals surface area contributed by atoms with Crippen molar-refractivity contribution in [1.29, 1.82) is 0 Å². The second-order valence-electron chi connectivity index (χ2n) is 5.66. The number of carbonyl (C=O) groups excluding carboxylic acids is 1. The molecule has 1 aliphatic heterocycles. The summed E-state index contributed by atoms with van der Waals surface area (Å²) in [5, 5.41) is 9.99. The fourth-order valence-electron chi connectivity index (χ4n) is 3.70. The van der Waals surface area contributed by atoms with Gasteiger partial charge in [0.15, 0.2) is 0 Å². The number of rotatable bonds is 0. The van der Waals surface area contributed by atoms with E-state index in [-0.39, 0.29) is 29.8 Å². The largest absolute Gasteiger partial charge is 0.458 e. The van der Waals surface area contributed by atoms with Crippen LogP contribution in [0.25, 0.3) is 0 Å². The second-order valence-corrected chi connectivity index (χ2v) is 5.66. The normalized spacial score (nSPS) is 43.5. The summed E-state index contributed by atoms with van der Waals surface area (Å²) in [7, 11) is 0. The molecule has 2 aliphatic carbocycles. The van der Waals surface area contributed by atoms with Crippen LogP contribution in [0.3, 0.4) is 0 Å². The average Bonchev–Trinajstić information content (AvgIpc) is 2.72. The maximum atomic E-state index is 11.7. The van der Waals surface area contributed by atoms with Crippen LogP contribution in [-0.2, 0) is 9.53 Å². The van der Waals surface area contributed by atoms with Crippen molar-refractivity contribution in [3.05, 3.63) is 36.5 Å². The highest BCUT2D eigenvalue weighted by Gasteiger charge is 2.52. The number of fused-ring (bicyclic) bond motifs is 3. The summed E-state index contributed by atoms with van der Waals surface area (Å²) in [6.45, 7) is 12.0. The standard InChI is InChI=1S/C15H18O3/c1-7-4-5-10-8(2)15(17)18-14(10)13-9(3)12(16)6-11(7)13/h10-14,16H,1-6H2/t10?,11?,12-,13?,14?/m0/s1. The van der Waals surface area contributed by atoms with Gasteiger partial charge in [0.2, 0.25) is 0 Å². The molecule has 1 N–H and O–H groups in total. The Morgan fingerprint density at radius 3 is 2.67 bits per heavy atom. The van der Waals surface area contributed by atoms with E-state index in [1.54, 1.807) is 0 Å². The van der Waals surface area contributed by atoms with Crippen molar-refractivity contribution in [3.63, 3.8) is 0 Å². The molecule has 5 atom stereocenters. The molecule has 3 heteroatoms. The van der Waals surface area contributed by atoms with Gasteiger partial charge in [-0.15, -0.1) is 0 Å². The van der Waals surface area contributed by atoms with Crippen LogP contribution in [0.2, 0.25) is 0 Å². The van der Waals surface area contributed by atoms with Gasteiger partial charge in [-0.05, 0) is 30.8 Å². The van der Waals surface area contributed by atoms with Gasteiger partial charge in [0.05, 0.1) is 6.10 Å². The molecule has 3 aliphatic rings. The molecular formula is C15H18O3. The van der Waals surface area contributed by atoms with Gasteiger partial charge in [-0.3, -0.25) is 0 Å². The summed E-state index contributed by atoms with van der Waals surface area (Å²) in [4.78, 5) is 11.7. The Labute approximate surface area is 107 Å². The van der Waals surface area contributed by atoms with E-state index in [1.165, 1.54) is 0 Å². The maximum Gasteiger partial charge on any atom is 0.334 e. The Morgan fingerprint density at radius 2 is 1.94 bits per heavy atom. The highest BCUT2D eigenvalue weighted by molar-refractivity contribution is 5.91. The van der Waals surface area contributed by atoms with Crippen molar-refractivity contribution < 1.29 is 14.6 Å². The predicted molar refractivity (Wildman–Crippen MR) is 67.6 cm³/mol. The van der Waals surface area contributed by atoms with Crippen molar-refractivity contribution in [1.82, 2.24) is 0 Å². The molecule has 18 heavy (non-hydrogen) atoms. The highest BCUT2D eigenvalue weighted by atomic mass is 16.6. The second kappa shape index (κ2) is 3.82. The molecule has 0 aromatic heterocycles. The third-order valence-electron chi connectivity index (χ3n) is 4.77. The highest BCUT2D eigenvalue weighted by Crippen LogP contribution is 2.51. The average molecular weight is 246 g/mol. The summed E-state index contributed by atoms with van der Waals surface area (Å²) in [5.41, 5.74) is 2.51. The van der Waals surface area contributed by atoms with E-state index in [0.29, 0.717) is 12.0 Å². The molecule has 1 heterocycles. The zero-order valence-corrected chi connectivity index (χ0v) is 10.4. The van der Waals surface area contributed by atoms with Crippen LogP contribution >= 0.6 is 0 Å². The fraction of sp³-hybridized carbons (Fsp3) is 0.533. The topological polar surface area (TPSA) is 46.5 Å². The summed E-state index contributed by atoms with van der Waals surface area (Å²) in [6.07, 6.45) is 1.71. The van der Waals surface area contributed by atoms with Gasteiger partial charge in [0.1, 0.15) is 6.10 Å². The zero-order valence-electron chi connectivity index (χ0n) is 10.4. The smallest absolute Gasteiger partial charge is 0.334 e. The molecule has 96 valence electrons. The minimum Gasteiger partial charge on any atom is -0.458 e. The first-order chi connectivity index (χ1) is 8.50. The molecule has 0 amide bonds. The molecule has 1 saturated heterocycles. The van der Waals surface area contributed by atoms with Crippen molar-refractivity contribution in [2.24, 2.45) is 17.8 Å². The van der Waals surface area contributed by atoms with Crippen LogP contribution in [0.15, 0.2) is 36.5 Å². The number of esters is 1. The molecule has 0 radical (unpaired) electrons. The quantitative estimate of drug-likeness (QED) is 0.404. The van der Waals surface area contributed by atoms with Crippen LogP contribution in [0.1, 0.15) is 19.3 Å². The van der Waals surface area contributed by atoms with E-state index in [4.69, 9.17) is 4.74 Å². The predicted octanol–water partition coefficient (Wildman–Crippen LogP) is 1.99. The molecule has 4 unspecified atom stereocenters. The minimum atomic E-state index is -0.497. The Morgan fingerprint density at radius 1 is 1.22 bits per heavy atom. The lowest BCUT2D eigenvalue weighted by atomic mass is 9.82. The first-order valence-electron chi connectivity index (χ1n) is 6.45. The van der Waals surface area contributed by atoms with E-state index < -0.39 is 6.10 Å². The Balaban J connectivity index is 2.01. The molecule has 0 spiro atoms. The lowest BCUT2D eigenvalue weighted by molar-refractivity contribution is -0.141. The molecule has 2 saturated carbocycles. The van der Waals surface area contributed by atoms with E-state index in [9.17, 15) is 9.90 Å². The lowest BCUT2D eigenvalue weighted by Gasteiger charge is -2.25. The molecule has 0 aromatic carbocycles. The summed E-state index contributed by atoms with van der Waals surface area (Å²) < 4.78 is 5.49. The van der Waals surface area contributed by atoms with Crippen molar-refractivity contribution in [2.45, 2.75) is 31.5 Å². The lowest BCUT2D eigenvalue weighted by Crippen LogP contribution is -2.29. The van der Waals surface area contributed by atoms with Gasteiger partial charge in [0.25, 0.3) is 0 Å². The molecule has 3 rings (SSSR count).